The highest BCUT2D eigenvalue weighted by Gasteiger charge is 2.19. The van der Waals surface area contributed by atoms with Crippen LogP contribution in [0.3, 0.4) is 0 Å². The van der Waals surface area contributed by atoms with Gasteiger partial charge in [0.25, 0.3) is 5.91 Å². The third kappa shape index (κ3) is 5.98. The number of carbonyl (C=O) groups is 1. The average Bonchev–Trinajstić information content (AvgIpc) is 2.58. The molecule has 140 valence electrons. The van der Waals surface area contributed by atoms with Gasteiger partial charge in [0, 0.05) is 31.8 Å². The molecule has 0 spiro atoms. The summed E-state index contributed by atoms with van der Waals surface area (Å²) in [7, 11) is -1.76. The molecular formula is C15H23N3O6S. The van der Waals surface area contributed by atoms with Crippen LogP contribution in [-0.4, -0.2) is 56.1 Å². The molecule has 0 aromatic heterocycles. The maximum absolute atomic E-state index is 12.1. The third-order valence-electron chi connectivity index (χ3n) is 3.49. The molecule has 0 saturated heterocycles. The number of ether oxygens (including phenoxy) is 1. The summed E-state index contributed by atoms with van der Waals surface area (Å²) < 4.78 is 29.6. The van der Waals surface area contributed by atoms with Gasteiger partial charge < -0.3 is 10.1 Å². The van der Waals surface area contributed by atoms with Gasteiger partial charge in [-0.1, -0.05) is 0 Å². The summed E-state index contributed by atoms with van der Waals surface area (Å²) >= 11 is 0. The number of hydrogen-bond acceptors (Lipinski definition) is 6. The Bertz CT molecular complexity index is 720. The predicted molar refractivity (Wildman–Crippen MR) is 93.3 cm³/mol. The van der Waals surface area contributed by atoms with Gasteiger partial charge in [-0.2, -0.15) is 0 Å². The molecule has 0 aliphatic rings. The Morgan fingerprint density at radius 1 is 1.36 bits per heavy atom. The van der Waals surface area contributed by atoms with Crippen molar-refractivity contribution in [2.75, 3.05) is 32.5 Å². The Morgan fingerprint density at radius 2 is 2.04 bits per heavy atom. The summed E-state index contributed by atoms with van der Waals surface area (Å²) in [6.07, 6.45) is 0.431. The molecule has 1 rings (SSSR count). The summed E-state index contributed by atoms with van der Waals surface area (Å²) in [5.41, 5.74) is -0.132. The summed E-state index contributed by atoms with van der Waals surface area (Å²) in [5, 5.41) is 13.7. The first kappa shape index (κ1) is 20.8. The minimum atomic E-state index is -3.24. The van der Waals surface area contributed by atoms with Crippen LogP contribution in [0.25, 0.3) is 0 Å². The largest absolute Gasteiger partial charge is 0.487 e. The first-order chi connectivity index (χ1) is 11.7. The average molecular weight is 373 g/mol. The quantitative estimate of drug-likeness (QED) is 0.376. The van der Waals surface area contributed by atoms with Crippen molar-refractivity contribution < 1.29 is 22.9 Å². The molecule has 10 heteroatoms. The molecule has 1 N–H and O–H groups in total. The van der Waals surface area contributed by atoms with Crippen molar-refractivity contribution in [3.05, 3.63) is 33.9 Å². The van der Waals surface area contributed by atoms with Crippen molar-refractivity contribution in [2.45, 2.75) is 20.3 Å². The molecule has 0 atom stereocenters. The number of hydrogen-bond donors (Lipinski definition) is 1. The number of nitrogens with zero attached hydrogens (tertiary/aromatic N) is 2. The van der Waals surface area contributed by atoms with Crippen LogP contribution in [0.5, 0.6) is 5.75 Å². The number of benzene rings is 1. The maximum Gasteiger partial charge on any atom is 0.311 e. The van der Waals surface area contributed by atoms with E-state index in [1.807, 2.05) is 0 Å². The Balaban J connectivity index is 2.63. The lowest BCUT2D eigenvalue weighted by atomic mass is 10.1. The van der Waals surface area contributed by atoms with E-state index in [9.17, 15) is 23.3 Å². The van der Waals surface area contributed by atoms with E-state index in [2.05, 4.69) is 5.32 Å². The number of nitro benzene ring substituents is 1. The number of rotatable bonds is 10. The van der Waals surface area contributed by atoms with E-state index in [0.717, 1.165) is 6.07 Å². The lowest BCUT2D eigenvalue weighted by Gasteiger charge is -2.15. The minimum absolute atomic E-state index is 0.0195. The van der Waals surface area contributed by atoms with Crippen molar-refractivity contribution in [1.29, 1.82) is 0 Å². The highest BCUT2D eigenvalue weighted by Crippen LogP contribution is 2.27. The molecule has 0 unspecified atom stereocenters. The number of carbonyl (C=O) groups excluding carboxylic acids is 1. The van der Waals surface area contributed by atoms with Crippen LogP contribution >= 0.6 is 0 Å². The van der Waals surface area contributed by atoms with E-state index in [4.69, 9.17) is 4.74 Å². The summed E-state index contributed by atoms with van der Waals surface area (Å²) in [4.78, 5) is 22.5. The molecule has 0 fully saturated rings. The van der Waals surface area contributed by atoms with Crippen LogP contribution in [0.2, 0.25) is 0 Å². The van der Waals surface area contributed by atoms with Gasteiger partial charge in [-0.3, -0.25) is 14.9 Å². The number of sulfonamides is 1. The van der Waals surface area contributed by atoms with E-state index in [0.29, 0.717) is 6.42 Å². The Morgan fingerprint density at radius 3 is 2.60 bits per heavy atom. The number of nitro groups is 1. The van der Waals surface area contributed by atoms with Gasteiger partial charge in [-0.05, 0) is 32.4 Å². The van der Waals surface area contributed by atoms with Crippen LogP contribution < -0.4 is 10.1 Å². The van der Waals surface area contributed by atoms with Gasteiger partial charge in [-0.25, -0.2) is 12.7 Å². The highest BCUT2D eigenvalue weighted by atomic mass is 32.2. The Labute approximate surface area is 147 Å². The molecule has 25 heavy (non-hydrogen) atoms. The molecule has 0 aliphatic carbocycles. The normalized spacial score (nSPS) is 11.4. The zero-order valence-corrected chi connectivity index (χ0v) is 15.3. The third-order valence-corrected chi connectivity index (χ3v) is 5.35. The number of nitrogens with one attached hydrogen (secondary N) is 1. The fourth-order valence-electron chi connectivity index (χ4n) is 2.04. The van der Waals surface area contributed by atoms with Crippen LogP contribution in [0, 0.1) is 10.1 Å². The lowest BCUT2D eigenvalue weighted by Crippen LogP contribution is -2.32. The molecule has 0 aliphatic heterocycles. The van der Waals surface area contributed by atoms with Gasteiger partial charge in [0.15, 0.2) is 5.75 Å². The fraction of sp³-hybridized carbons (Fsp3) is 0.533. The minimum Gasteiger partial charge on any atom is -0.487 e. The van der Waals surface area contributed by atoms with E-state index >= 15 is 0 Å². The maximum atomic E-state index is 12.1. The molecule has 1 aromatic carbocycles. The smallest absolute Gasteiger partial charge is 0.311 e. The molecule has 0 bridgehead atoms. The second kappa shape index (κ2) is 9.33. The predicted octanol–water partition coefficient (Wildman–Crippen LogP) is 1.39. The van der Waals surface area contributed by atoms with E-state index < -0.39 is 20.9 Å². The van der Waals surface area contributed by atoms with Crippen molar-refractivity contribution in [3.63, 3.8) is 0 Å². The van der Waals surface area contributed by atoms with Gasteiger partial charge in [0.05, 0.1) is 17.3 Å². The molecule has 1 aromatic rings. The van der Waals surface area contributed by atoms with Crippen LogP contribution in [-0.2, 0) is 10.0 Å². The lowest BCUT2D eigenvalue weighted by molar-refractivity contribution is -0.385. The monoisotopic (exact) mass is 373 g/mol. The zero-order chi connectivity index (χ0) is 19.0. The highest BCUT2D eigenvalue weighted by molar-refractivity contribution is 7.89. The standard InChI is InChI=1S/C15H23N3O6S/c1-4-24-14-8-7-12(11-13(14)18(20)21)15(19)16-9-6-10-17(3)25(22,23)5-2/h7-8,11H,4-6,9-10H2,1-3H3,(H,16,19). The Kier molecular flexibility index (Phi) is 7.78. The second-order valence-electron chi connectivity index (χ2n) is 5.20. The van der Waals surface area contributed by atoms with Crippen molar-refractivity contribution in [3.8, 4) is 5.75 Å². The fourth-order valence-corrected chi connectivity index (χ4v) is 2.89. The van der Waals surface area contributed by atoms with Crippen molar-refractivity contribution in [2.24, 2.45) is 0 Å². The molecule has 0 heterocycles. The Hall–Kier alpha value is -2.20. The van der Waals surface area contributed by atoms with Crippen LogP contribution in [0.15, 0.2) is 18.2 Å². The first-order valence-electron chi connectivity index (χ1n) is 7.86. The summed E-state index contributed by atoms with van der Waals surface area (Å²) in [6, 6.07) is 3.99. The van der Waals surface area contributed by atoms with Crippen LogP contribution in [0.4, 0.5) is 5.69 Å². The zero-order valence-electron chi connectivity index (χ0n) is 14.5. The van der Waals surface area contributed by atoms with Crippen molar-refractivity contribution >= 4 is 21.6 Å². The van der Waals surface area contributed by atoms with Gasteiger partial charge in [0.2, 0.25) is 10.0 Å². The topological polar surface area (TPSA) is 119 Å². The number of amides is 1. The molecule has 0 saturated carbocycles. The van der Waals surface area contributed by atoms with Gasteiger partial charge in [-0.15, -0.1) is 0 Å². The second-order valence-corrected chi connectivity index (χ2v) is 7.57. The van der Waals surface area contributed by atoms with Crippen LogP contribution in [0.1, 0.15) is 30.6 Å². The van der Waals surface area contributed by atoms with Gasteiger partial charge in [0.1, 0.15) is 0 Å². The van der Waals surface area contributed by atoms with E-state index in [1.54, 1.807) is 13.8 Å². The molecular weight excluding hydrogens is 350 g/mol. The molecule has 1 amide bonds. The summed E-state index contributed by atoms with van der Waals surface area (Å²) in [6.45, 7) is 4.08. The molecule has 9 nitrogen and oxygen atoms in total. The first-order valence-corrected chi connectivity index (χ1v) is 9.47. The van der Waals surface area contributed by atoms with Gasteiger partial charge >= 0.3 is 5.69 Å². The van der Waals surface area contributed by atoms with E-state index in [-0.39, 0.29) is 42.4 Å². The molecule has 0 radical (unpaired) electrons. The summed E-state index contributed by atoms with van der Waals surface area (Å²) in [5.74, 6) is -0.339. The van der Waals surface area contributed by atoms with E-state index in [1.165, 1.54) is 23.5 Å². The SMILES string of the molecule is CCOc1ccc(C(=O)NCCCN(C)S(=O)(=O)CC)cc1[N+](=O)[O-]. The van der Waals surface area contributed by atoms with Crippen molar-refractivity contribution in [1.82, 2.24) is 9.62 Å².